The van der Waals surface area contributed by atoms with Gasteiger partial charge >= 0.3 is 0 Å². The first-order valence-corrected chi connectivity index (χ1v) is 17.3. The largest absolute Gasteiger partial charge is 0.248 e. The number of pyridine rings is 1. The molecule has 4 heteroatoms. The Morgan fingerprint density at radius 1 is 0.347 bits per heavy atom. The van der Waals surface area contributed by atoms with Gasteiger partial charge in [0.25, 0.3) is 0 Å². The first-order chi connectivity index (χ1) is 24.3. The third kappa shape index (κ3) is 4.61. The van der Waals surface area contributed by atoms with Gasteiger partial charge in [0.05, 0.1) is 22.8 Å². The van der Waals surface area contributed by atoms with Gasteiger partial charge in [-0.3, -0.25) is 0 Å². The molecule has 3 heterocycles. The first kappa shape index (κ1) is 27.8. The average molecular weight is 642 g/mol. The van der Waals surface area contributed by atoms with Crippen molar-refractivity contribution in [2.75, 3.05) is 0 Å². The number of nitrogens with zero attached hydrogens (tertiary/aromatic N) is 3. The maximum atomic E-state index is 5.28. The van der Waals surface area contributed by atoms with Crippen LogP contribution >= 0.6 is 11.3 Å². The van der Waals surface area contributed by atoms with Crippen LogP contribution in [0.2, 0.25) is 0 Å². The van der Waals surface area contributed by atoms with Crippen LogP contribution in [0.1, 0.15) is 0 Å². The van der Waals surface area contributed by atoms with E-state index in [1.54, 1.807) is 0 Å². The molecular weight excluding hydrogens is 615 g/mol. The van der Waals surface area contributed by atoms with Gasteiger partial charge in [-0.05, 0) is 51.9 Å². The van der Waals surface area contributed by atoms with Crippen molar-refractivity contribution >= 4 is 53.1 Å². The van der Waals surface area contributed by atoms with Crippen LogP contribution in [0.15, 0.2) is 164 Å². The van der Waals surface area contributed by atoms with Crippen molar-refractivity contribution in [1.82, 2.24) is 15.0 Å². The summed E-state index contributed by atoms with van der Waals surface area (Å²) >= 11 is 1.87. The molecule has 228 valence electrons. The number of hydrogen-bond donors (Lipinski definition) is 0. The minimum absolute atomic E-state index is 0.686. The minimum atomic E-state index is 0.686. The van der Waals surface area contributed by atoms with Gasteiger partial charge in [-0.1, -0.05) is 133 Å². The Morgan fingerprint density at radius 3 is 1.65 bits per heavy atom. The summed E-state index contributed by atoms with van der Waals surface area (Å²) in [6.07, 6.45) is 0. The lowest BCUT2D eigenvalue weighted by Gasteiger charge is -2.12. The first-order valence-electron chi connectivity index (χ1n) is 16.4. The molecule has 7 aromatic carbocycles. The number of thiophene rings is 1. The smallest absolute Gasteiger partial charge is 0.160 e. The lowest BCUT2D eigenvalue weighted by molar-refractivity contribution is 1.18. The molecule has 0 bridgehead atoms. The van der Waals surface area contributed by atoms with Gasteiger partial charge in [0.15, 0.2) is 5.82 Å². The fourth-order valence-corrected chi connectivity index (χ4v) is 8.45. The van der Waals surface area contributed by atoms with Gasteiger partial charge in [0.1, 0.15) is 0 Å². The second-order valence-electron chi connectivity index (χ2n) is 12.4. The third-order valence-electron chi connectivity index (χ3n) is 9.46. The van der Waals surface area contributed by atoms with Crippen LogP contribution in [0, 0.1) is 0 Å². The highest BCUT2D eigenvalue weighted by atomic mass is 32.1. The van der Waals surface area contributed by atoms with Crippen LogP contribution in [-0.2, 0) is 0 Å². The quantitative estimate of drug-likeness (QED) is 0.176. The van der Waals surface area contributed by atoms with Gasteiger partial charge in [-0.25, -0.2) is 15.0 Å². The molecule has 0 saturated heterocycles. The Bertz CT molecular complexity index is 2760. The van der Waals surface area contributed by atoms with Crippen molar-refractivity contribution in [3.05, 3.63) is 164 Å². The molecule has 49 heavy (non-hydrogen) atoms. The van der Waals surface area contributed by atoms with Crippen molar-refractivity contribution in [3.63, 3.8) is 0 Å². The highest BCUT2D eigenvalue weighted by Gasteiger charge is 2.19. The second kappa shape index (κ2) is 11.2. The van der Waals surface area contributed by atoms with Crippen LogP contribution < -0.4 is 0 Å². The van der Waals surface area contributed by atoms with Crippen molar-refractivity contribution in [2.24, 2.45) is 0 Å². The van der Waals surface area contributed by atoms with E-state index in [0.29, 0.717) is 5.82 Å². The van der Waals surface area contributed by atoms with E-state index in [1.165, 1.54) is 41.7 Å². The Balaban J connectivity index is 1.10. The highest BCUT2D eigenvalue weighted by molar-refractivity contribution is 7.26. The van der Waals surface area contributed by atoms with Gasteiger partial charge in [0.2, 0.25) is 0 Å². The molecule has 0 atom stereocenters. The predicted molar refractivity (Wildman–Crippen MR) is 206 cm³/mol. The highest BCUT2D eigenvalue weighted by Crippen LogP contribution is 2.48. The predicted octanol–water partition coefficient (Wildman–Crippen LogP) is 12.3. The van der Waals surface area contributed by atoms with Crippen LogP contribution in [0.4, 0.5) is 0 Å². The number of hydrogen-bond acceptors (Lipinski definition) is 4. The monoisotopic (exact) mass is 641 g/mol. The van der Waals surface area contributed by atoms with Gasteiger partial charge in [-0.15, -0.1) is 11.3 Å². The average Bonchev–Trinajstić information content (AvgIpc) is 3.58. The minimum Gasteiger partial charge on any atom is -0.248 e. The van der Waals surface area contributed by atoms with E-state index in [4.69, 9.17) is 15.0 Å². The van der Waals surface area contributed by atoms with Crippen molar-refractivity contribution in [3.8, 4) is 56.4 Å². The summed E-state index contributed by atoms with van der Waals surface area (Å²) in [4.78, 5) is 15.4. The number of benzene rings is 7. The Labute approximate surface area is 287 Å². The van der Waals surface area contributed by atoms with E-state index in [9.17, 15) is 0 Å². The maximum absolute atomic E-state index is 5.28. The molecule has 0 aliphatic heterocycles. The van der Waals surface area contributed by atoms with Gasteiger partial charge < -0.3 is 0 Å². The number of rotatable bonds is 5. The topological polar surface area (TPSA) is 38.7 Å². The molecule has 0 radical (unpaired) electrons. The lowest BCUT2D eigenvalue weighted by atomic mass is 9.93. The van der Waals surface area contributed by atoms with Crippen LogP contribution in [0.5, 0.6) is 0 Å². The Morgan fingerprint density at radius 2 is 0.918 bits per heavy atom. The van der Waals surface area contributed by atoms with Crippen LogP contribution in [0.3, 0.4) is 0 Å². The van der Waals surface area contributed by atoms with E-state index in [0.717, 1.165) is 50.6 Å². The molecular formula is C45H27N3S. The molecule has 3 nitrogen and oxygen atoms in total. The summed E-state index contributed by atoms with van der Waals surface area (Å²) in [5.41, 5.74) is 8.92. The van der Waals surface area contributed by atoms with Gasteiger partial charge in [0, 0.05) is 48.0 Å². The van der Waals surface area contributed by atoms with E-state index in [1.807, 2.05) is 47.7 Å². The third-order valence-corrected chi connectivity index (χ3v) is 10.6. The summed E-state index contributed by atoms with van der Waals surface area (Å²) in [6, 6.07) is 57.4. The van der Waals surface area contributed by atoms with E-state index < -0.39 is 0 Å². The van der Waals surface area contributed by atoms with Crippen molar-refractivity contribution < 1.29 is 0 Å². The zero-order valence-electron chi connectivity index (χ0n) is 26.3. The summed E-state index contributed by atoms with van der Waals surface area (Å²) in [5.74, 6) is 0.686. The SMILES string of the molecule is c1ccc(-c2cc(-c3ccccc3)nc(-c3cccc(-c4cccc(-c5ccc6c7ccccc7c7cccc8sc5c6c87)n4)c3)n2)cc1. The molecule has 0 aliphatic rings. The standard InChI is InChI=1S/C45H27N3S/c1-3-12-28(13-4-1)39-27-40(29-14-5-2-6-15-29)48-45(47-39)31-17-9-16-30(26-31)37-21-11-22-38(46-37)36-25-24-35-33-19-8-7-18-32(33)34-20-10-23-41-42(34)43(35)44(36)49-41/h1-27H. The lowest BCUT2D eigenvalue weighted by Crippen LogP contribution is -1.96. The molecule has 0 aliphatic carbocycles. The molecule has 0 amide bonds. The molecule has 10 aromatic rings. The molecule has 3 aromatic heterocycles. The second-order valence-corrected chi connectivity index (χ2v) is 13.4. The maximum Gasteiger partial charge on any atom is 0.160 e. The zero-order chi connectivity index (χ0) is 32.3. The number of aromatic nitrogens is 3. The zero-order valence-corrected chi connectivity index (χ0v) is 27.2. The summed E-state index contributed by atoms with van der Waals surface area (Å²) in [5, 5.41) is 7.92. The Kier molecular flexibility index (Phi) is 6.36. The van der Waals surface area contributed by atoms with Crippen molar-refractivity contribution in [2.45, 2.75) is 0 Å². The fraction of sp³-hybridized carbons (Fsp3) is 0. The molecule has 0 unspecified atom stereocenters. The fourth-order valence-electron chi connectivity index (χ4n) is 7.18. The van der Waals surface area contributed by atoms with E-state index in [2.05, 4.69) is 127 Å². The van der Waals surface area contributed by atoms with Crippen molar-refractivity contribution in [1.29, 1.82) is 0 Å². The van der Waals surface area contributed by atoms with E-state index >= 15 is 0 Å². The number of fused-ring (bicyclic) bond motifs is 3. The van der Waals surface area contributed by atoms with Crippen LogP contribution in [0.25, 0.3) is 98.1 Å². The molecule has 0 N–H and O–H groups in total. The molecule has 10 rings (SSSR count). The normalized spacial score (nSPS) is 11.7. The summed E-state index contributed by atoms with van der Waals surface area (Å²) in [7, 11) is 0. The molecule has 0 spiro atoms. The summed E-state index contributed by atoms with van der Waals surface area (Å²) < 4.78 is 2.60. The molecule has 0 saturated carbocycles. The van der Waals surface area contributed by atoms with Gasteiger partial charge in [-0.2, -0.15) is 0 Å². The summed E-state index contributed by atoms with van der Waals surface area (Å²) in [6.45, 7) is 0. The van der Waals surface area contributed by atoms with Crippen LogP contribution in [-0.4, -0.2) is 15.0 Å². The Hall–Kier alpha value is -6.23. The molecule has 0 fully saturated rings. The van der Waals surface area contributed by atoms with E-state index in [-0.39, 0.29) is 0 Å².